The van der Waals surface area contributed by atoms with Crippen molar-refractivity contribution in [1.29, 1.82) is 0 Å². The third kappa shape index (κ3) is 7.69. The molecule has 0 fully saturated rings. The van der Waals surface area contributed by atoms with E-state index >= 15 is 0 Å². The molecule has 13 nitrogen and oxygen atoms in total. The molecule has 5 unspecified atom stereocenters. The predicted octanol–water partition coefficient (Wildman–Crippen LogP) is -1.15. The van der Waals surface area contributed by atoms with Gasteiger partial charge >= 0.3 is 5.97 Å². The second kappa shape index (κ2) is 12.5. The number of nitrogens with one attached hydrogen (secondary N) is 5. The van der Waals surface area contributed by atoms with Gasteiger partial charge in [0.2, 0.25) is 17.7 Å². The highest BCUT2D eigenvalue weighted by Crippen LogP contribution is 2.09. The number of hydrogen-bond donors (Lipinski definition) is 7. The van der Waals surface area contributed by atoms with E-state index in [2.05, 4.69) is 35.9 Å². The van der Waals surface area contributed by atoms with Gasteiger partial charge in [0.15, 0.2) is 0 Å². The van der Waals surface area contributed by atoms with Crippen molar-refractivity contribution in [3.05, 3.63) is 36.4 Å². The summed E-state index contributed by atoms with van der Waals surface area (Å²) in [6, 6.07) is -4.09. The SMILES string of the molecule is CCC(C)C(NC(=O)C(N)Cc1cnc[nH]1)C(=O)NC(C)C(=O)NC(Cc1cnc[nH]1)C(=O)O. The number of aromatic amines is 2. The number of aromatic nitrogens is 4. The van der Waals surface area contributed by atoms with E-state index in [1.54, 1.807) is 13.1 Å². The van der Waals surface area contributed by atoms with Gasteiger partial charge in [0, 0.05) is 36.6 Å². The third-order valence-electron chi connectivity index (χ3n) is 5.47. The maximum absolute atomic E-state index is 12.9. The Morgan fingerprint density at radius 2 is 1.53 bits per heavy atom. The first-order valence-electron chi connectivity index (χ1n) is 11.0. The second-order valence-corrected chi connectivity index (χ2v) is 8.17. The van der Waals surface area contributed by atoms with Crippen LogP contribution in [0.2, 0.25) is 0 Å². The number of imidazole rings is 2. The van der Waals surface area contributed by atoms with Crippen LogP contribution in [0.1, 0.15) is 38.6 Å². The van der Waals surface area contributed by atoms with Crippen molar-refractivity contribution >= 4 is 23.7 Å². The summed E-state index contributed by atoms with van der Waals surface area (Å²) >= 11 is 0. The lowest BCUT2D eigenvalue weighted by Crippen LogP contribution is -2.58. The lowest BCUT2D eigenvalue weighted by Gasteiger charge is -2.26. The van der Waals surface area contributed by atoms with Crippen molar-refractivity contribution in [2.75, 3.05) is 0 Å². The van der Waals surface area contributed by atoms with E-state index in [4.69, 9.17) is 5.73 Å². The highest BCUT2D eigenvalue weighted by molar-refractivity contribution is 5.94. The molecule has 13 heteroatoms. The number of aliphatic carboxylic acids is 1. The fourth-order valence-corrected chi connectivity index (χ4v) is 3.17. The molecule has 0 saturated heterocycles. The minimum Gasteiger partial charge on any atom is -0.480 e. The van der Waals surface area contributed by atoms with Crippen LogP contribution in [0, 0.1) is 5.92 Å². The molecule has 0 saturated carbocycles. The summed E-state index contributed by atoms with van der Waals surface area (Å²) in [5, 5.41) is 17.0. The van der Waals surface area contributed by atoms with Crippen molar-refractivity contribution in [3.8, 4) is 0 Å². The summed E-state index contributed by atoms with van der Waals surface area (Å²) in [6.07, 6.45) is 6.70. The molecular weight excluding hydrogens is 444 g/mol. The van der Waals surface area contributed by atoms with E-state index in [1.165, 1.54) is 25.8 Å². The topological polar surface area (TPSA) is 208 Å². The Bertz CT molecular complexity index is 947. The molecule has 2 aromatic rings. The Balaban J connectivity index is 1.97. The highest BCUT2D eigenvalue weighted by atomic mass is 16.4. The molecule has 2 rings (SSSR count). The first kappa shape index (κ1) is 26.5. The molecule has 5 atom stereocenters. The molecule has 0 radical (unpaired) electrons. The molecule has 8 N–H and O–H groups in total. The Morgan fingerprint density at radius 3 is 2.03 bits per heavy atom. The Labute approximate surface area is 196 Å². The zero-order valence-electron chi connectivity index (χ0n) is 19.4. The van der Waals surface area contributed by atoms with Crippen LogP contribution < -0.4 is 21.7 Å². The number of carboxylic acid groups (broad SMARTS) is 1. The van der Waals surface area contributed by atoms with Gasteiger partial charge in [-0.1, -0.05) is 20.3 Å². The Morgan fingerprint density at radius 1 is 0.941 bits per heavy atom. The molecule has 2 heterocycles. The van der Waals surface area contributed by atoms with Crippen LogP contribution in [0.15, 0.2) is 25.0 Å². The minimum absolute atomic E-state index is 0.00150. The van der Waals surface area contributed by atoms with Crippen molar-refractivity contribution in [2.45, 2.75) is 64.2 Å². The number of nitrogens with zero attached hydrogens (tertiary/aromatic N) is 2. The molecule has 34 heavy (non-hydrogen) atoms. The maximum atomic E-state index is 12.9. The van der Waals surface area contributed by atoms with E-state index < -0.39 is 47.9 Å². The van der Waals surface area contributed by atoms with Crippen LogP contribution in [0.3, 0.4) is 0 Å². The zero-order chi connectivity index (χ0) is 25.3. The van der Waals surface area contributed by atoms with Gasteiger partial charge in [0.1, 0.15) is 18.1 Å². The Kier molecular flexibility index (Phi) is 9.74. The number of H-pyrrole nitrogens is 2. The third-order valence-corrected chi connectivity index (χ3v) is 5.47. The molecule has 0 aromatic carbocycles. The van der Waals surface area contributed by atoms with E-state index in [9.17, 15) is 24.3 Å². The molecule has 0 spiro atoms. The van der Waals surface area contributed by atoms with Crippen LogP contribution in [0.4, 0.5) is 0 Å². The molecule has 2 aromatic heterocycles. The summed E-state index contributed by atoms with van der Waals surface area (Å²) in [6.45, 7) is 5.09. The molecule has 0 aliphatic carbocycles. The lowest BCUT2D eigenvalue weighted by atomic mass is 9.97. The molecule has 186 valence electrons. The van der Waals surface area contributed by atoms with Crippen molar-refractivity contribution in [3.63, 3.8) is 0 Å². The number of carboxylic acids is 1. The lowest BCUT2D eigenvalue weighted by molar-refractivity contribution is -0.142. The van der Waals surface area contributed by atoms with Gasteiger partial charge in [-0.25, -0.2) is 14.8 Å². The minimum atomic E-state index is -1.22. The van der Waals surface area contributed by atoms with Gasteiger partial charge in [-0.2, -0.15) is 0 Å². The number of hydrogen-bond acceptors (Lipinski definition) is 7. The average molecular weight is 477 g/mol. The predicted molar refractivity (Wildman–Crippen MR) is 121 cm³/mol. The molecule has 0 bridgehead atoms. The standard InChI is InChI=1S/C21H32N8O5/c1-4-11(2)17(29-19(31)15(22)5-13-7-23-9-25-13)20(32)27-12(3)18(30)28-16(21(33)34)6-14-8-24-10-26-14/h7-12,15-17H,4-6,22H2,1-3H3,(H,23,25)(H,24,26)(H,27,32)(H,28,30)(H,29,31)(H,33,34). The van der Waals surface area contributed by atoms with E-state index in [0.717, 1.165) is 0 Å². The normalized spacial score (nSPS) is 15.4. The average Bonchev–Trinajstić information content (AvgIpc) is 3.50. The van der Waals surface area contributed by atoms with E-state index in [1.807, 2.05) is 6.92 Å². The smallest absolute Gasteiger partial charge is 0.326 e. The zero-order valence-corrected chi connectivity index (χ0v) is 19.4. The van der Waals surface area contributed by atoms with Crippen molar-refractivity contribution in [1.82, 2.24) is 35.9 Å². The fraction of sp³-hybridized carbons (Fsp3) is 0.524. The largest absolute Gasteiger partial charge is 0.480 e. The van der Waals surface area contributed by atoms with Crippen molar-refractivity contribution in [2.24, 2.45) is 11.7 Å². The van der Waals surface area contributed by atoms with Gasteiger partial charge in [-0.3, -0.25) is 14.4 Å². The number of carbonyl (C=O) groups excluding carboxylic acids is 3. The van der Waals surface area contributed by atoms with Gasteiger partial charge < -0.3 is 36.8 Å². The van der Waals surface area contributed by atoms with Crippen LogP contribution in [-0.4, -0.2) is 72.9 Å². The van der Waals surface area contributed by atoms with Gasteiger partial charge in [0.05, 0.1) is 18.7 Å². The molecule has 0 aliphatic heterocycles. The number of nitrogens with two attached hydrogens (primary N) is 1. The number of amides is 3. The first-order valence-corrected chi connectivity index (χ1v) is 11.0. The van der Waals surface area contributed by atoms with Gasteiger partial charge in [0.25, 0.3) is 0 Å². The summed E-state index contributed by atoms with van der Waals surface area (Å²) < 4.78 is 0. The van der Waals surface area contributed by atoms with Crippen LogP contribution in [0.5, 0.6) is 0 Å². The van der Waals surface area contributed by atoms with Crippen LogP contribution >= 0.6 is 0 Å². The van der Waals surface area contributed by atoms with Crippen LogP contribution in [-0.2, 0) is 32.0 Å². The summed E-state index contributed by atoms with van der Waals surface area (Å²) in [5.74, 6) is -3.23. The highest BCUT2D eigenvalue weighted by Gasteiger charge is 2.31. The summed E-state index contributed by atoms with van der Waals surface area (Å²) in [7, 11) is 0. The summed E-state index contributed by atoms with van der Waals surface area (Å²) in [4.78, 5) is 63.0. The van der Waals surface area contributed by atoms with Crippen LogP contribution in [0.25, 0.3) is 0 Å². The fourth-order valence-electron chi connectivity index (χ4n) is 3.17. The maximum Gasteiger partial charge on any atom is 0.326 e. The first-order chi connectivity index (χ1) is 16.1. The molecule has 0 aliphatic rings. The van der Waals surface area contributed by atoms with E-state index in [-0.39, 0.29) is 18.8 Å². The number of carbonyl (C=O) groups is 4. The molecular formula is C21H32N8O5. The van der Waals surface area contributed by atoms with Gasteiger partial charge in [-0.05, 0) is 12.8 Å². The van der Waals surface area contributed by atoms with Crippen molar-refractivity contribution < 1.29 is 24.3 Å². The second-order valence-electron chi connectivity index (χ2n) is 8.17. The molecule has 3 amide bonds. The van der Waals surface area contributed by atoms with Gasteiger partial charge in [-0.15, -0.1) is 0 Å². The summed E-state index contributed by atoms with van der Waals surface area (Å²) in [5.41, 5.74) is 7.19. The van der Waals surface area contributed by atoms with E-state index in [0.29, 0.717) is 17.8 Å². The Hall–Kier alpha value is -3.74. The number of rotatable bonds is 13. The monoisotopic (exact) mass is 476 g/mol. The quantitative estimate of drug-likeness (QED) is 0.187.